The summed E-state index contributed by atoms with van der Waals surface area (Å²) in [5.74, 6) is 0. The van der Waals surface area contributed by atoms with Gasteiger partial charge in [-0.1, -0.05) is 19.3 Å². The van der Waals surface area contributed by atoms with E-state index in [4.69, 9.17) is 0 Å². The summed E-state index contributed by atoms with van der Waals surface area (Å²) in [7, 11) is -1.58. The fraction of sp³-hybridized carbons (Fsp3) is 0.786. The minimum absolute atomic E-state index is 0.177. The van der Waals surface area contributed by atoms with Crippen molar-refractivity contribution < 1.29 is 8.42 Å². The molecular formula is C14H24N4O2S2. The lowest BCUT2D eigenvalue weighted by molar-refractivity contribution is 0.259. The number of thiazole rings is 1. The van der Waals surface area contributed by atoms with Crippen LogP contribution in [0.3, 0.4) is 0 Å². The highest BCUT2D eigenvalue weighted by Crippen LogP contribution is 2.26. The van der Waals surface area contributed by atoms with E-state index >= 15 is 0 Å². The van der Waals surface area contributed by atoms with E-state index in [0.29, 0.717) is 26.2 Å². The van der Waals surface area contributed by atoms with Crippen LogP contribution < -0.4 is 4.90 Å². The van der Waals surface area contributed by atoms with Crippen molar-refractivity contribution >= 4 is 26.7 Å². The third-order valence-electron chi connectivity index (χ3n) is 4.71. The first kappa shape index (κ1) is 16.2. The van der Waals surface area contributed by atoms with Crippen molar-refractivity contribution in [2.75, 3.05) is 38.1 Å². The van der Waals surface area contributed by atoms with Gasteiger partial charge in [0, 0.05) is 50.8 Å². The van der Waals surface area contributed by atoms with Gasteiger partial charge in [-0.3, -0.25) is 0 Å². The van der Waals surface area contributed by atoms with Crippen molar-refractivity contribution in [1.29, 1.82) is 0 Å². The lowest BCUT2D eigenvalue weighted by Gasteiger charge is -2.38. The lowest BCUT2D eigenvalue weighted by atomic mass is 9.96. The molecule has 1 aromatic heterocycles. The Hall–Kier alpha value is -0.700. The van der Waals surface area contributed by atoms with Crippen LogP contribution in [0, 0.1) is 0 Å². The zero-order chi connectivity index (χ0) is 15.6. The van der Waals surface area contributed by atoms with Crippen LogP contribution in [0.5, 0.6) is 0 Å². The van der Waals surface area contributed by atoms with E-state index in [0.717, 1.165) is 30.8 Å². The Morgan fingerprint density at radius 2 is 1.86 bits per heavy atom. The highest BCUT2D eigenvalue weighted by Gasteiger charge is 2.34. The molecule has 6 nitrogen and oxygen atoms in total. The molecule has 3 rings (SSSR count). The Balaban J connectivity index is 1.61. The van der Waals surface area contributed by atoms with Gasteiger partial charge in [0.05, 0.1) is 0 Å². The van der Waals surface area contributed by atoms with E-state index in [1.165, 1.54) is 6.42 Å². The quantitative estimate of drug-likeness (QED) is 0.835. The average molecular weight is 345 g/mol. The summed E-state index contributed by atoms with van der Waals surface area (Å²) in [4.78, 5) is 6.47. The number of aromatic nitrogens is 1. The zero-order valence-corrected chi connectivity index (χ0v) is 14.7. The molecule has 8 heteroatoms. The zero-order valence-electron chi connectivity index (χ0n) is 13.0. The maximum atomic E-state index is 12.8. The van der Waals surface area contributed by atoms with Crippen molar-refractivity contribution in [3.05, 3.63) is 11.6 Å². The maximum Gasteiger partial charge on any atom is 0.282 e. The Labute approximate surface area is 136 Å². The second-order valence-electron chi connectivity index (χ2n) is 6.02. The molecule has 0 spiro atoms. The molecule has 0 amide bonds. The highest BCUT2D eigenvalue weighted by molar-refractivity contribution is 7.86. The molecule has 1 saturated carbocycles. The predicted octanol–water partition coefficient (Wildman–Crippen LogP) is 1.77. The third-order valence-corrected chi connectivity index (χ3v) is 7.58. The number of rotatable bonds is 4. The van der Waals surface area contributed by atoms with Gasteiger partial charge in [-0.05, 0) is 12.8 Å². The summed E-state index contributed by atoms with van der Waals surface area (Å²) in [6.07, 6.45) is 7.30. The largest absolute Gasteiger partial charge is 0.345 e. The number of nitrogens with zero attached hydrogens (tertiary/aromatic N) is 4. The number of piperazine rings is 1. The van der Waals surface area contributed by atoms with Crippen molar-refractivity contribution in [3.8, 4) is 0 Å². The first-order chi connectivity index (χ1) is 10.6. The minimum Gasteiger partial charge on any atom is -0.345 e. The van der Waals surface area contributed by atoms with Crippen LogP contribution in [0.15, 0.2) is 11.6 Å². The standard InChI is InChI=1S/C14H24N4O2S2/c1-16(13-5-3-2-4-6-13)22(19,20)18-10-8-17(9-11-18)14-15-7-12-21-14/h7,12-13H,2-6,8-11H2,1H3. The molecule has 2 aliphatic rings. The molecule has 0 atom stereocenters. The van der Waals surface area contributed by atoms with Gasteiger partial charge in [0.15, 0.2) is 5.13 Å². The molecule has 1 aliphatic heterocycles. The molecule has 0 N–H and O–H groups in total. The summed E-state index contributed by atoms with van der Waals surface area (Å²) in [6.45, 7) is 2.51. The van der Waals surface area contributed by atoms with E-state index in [2.05, 4.69) is 9.88 Å². The summed E-state index contributed by atoms with van der Waals surface area (Å²) in [5.41, 5.74) is 0. The van der Waals surface area contributed by atoms with Gasteiger partial charge < -0.3 is 4.90 Å². The lowest BCUT2D eigenvalue weighted by Crippen LogP contribution is -2.54. The van der Waals surface area contributed by atoms with Gasteiger partial charge in [0.25, 0.3) is 10.2 Å². The van der Waals surface area contributed by atoms with Crippen LogP contribution in [-0.4, -0.2) is 61.3 Å². The van der Waals surface area contributed by atoms with Gasteiger partial charge in [0.1, 0.15) is 0 Å². The fourth-order valence-electron chi connectivity index (χ4n) is 3.30. The minimum atomic E-state index is -3.33. The van der Waals surface area contributed by atoms with Crippen LogP contribution in [0.4, 0.5) is 5.13 Å². The fourth-order valence-corrected chi connectivity index (χ4v) is 5.57. The normalized spacial score (nSPS) is 22.4. The monoisotopic (exact) mass is 344 g/mol. The molecule has 1 saturated heterocycles. The first-order valence-electron chi connectivity index (χ1n) is 7.96. The topological polar surface area (TPSA) is 56.8 Å². The molecule has 0 radical (unpaired) electrons. The summed E-state index contributed by atoms with van der Waals surface area (Å²) in [5, 5.41) is 2.94. The predicted molar refractivity (Wildman–Crippen MR) is 89.5 cm³/mol. The first-order valence-corrected chi connectivity index (χ1v) is 10.2. The van der Waals surface area contributed by atoms with Crippen LogP contribution in [-0.2, 0) is 10.2 Å². The van der Waals surface area contributed by atoms with Crippen molar-refractivity contribution in [2.45, 2.75) is 38.1 Å². The summed E-state index contributed by atoms with van der Waals surface area (Å²) in [6, 6.07) is 0.177. The number of anilines is 1. The van der Waals surface area contributed by atoms with Gasteiger partial charge in [-0.15, -0.1) is 11.3 Å². The highest BCUT2D eigenvalue weighted by atomic mass is 32.2. The number of hydrogen-bond donors (Lipinski definition) is 0. The average Bonchev–Trinajstić information content (AvgIpc) is 3.09. The smallest absolute Gasteiger partial charge is 0.282 e. The van der Waals surface area contributed by atoms with E-state index < -0.39 is 10.2 Å². The number of hydrogen-bond acceptors (Lipinski definition) is 5. The van der Waals surface area contributed by atoms with Gasteiger partial charge in [-0.25, -0.2) is 4.98 Å². The van der Waals surface area contributed by atoms with Gasteiger partial charge in [0.2, 0.25) is 0 Å². The second kappa shape index (κ2) is 6.82. The molecular weight excluding hydrogens is 320 g/mol. The molecule has 0 bridgehead atoms. The third kappa shape index (κ3) is 3.29. The molecule has 124 valence electrons. The van der Waals surface area contributed by atoms with Crippen LogP contribution in [0.1, 0.15) is 32.1 Å². The van der Waals surface area contributed by atoms with Gasteiger partial charge in [-0.2, -0.15) is 17.0 Å². The Morgan fingerprint density at radius 1 is 1.18 bits per heavy atom. The van der Waals surface area contributed by atoms with E-state index in [-0.39, 0.29) is 6.04 Å². The maximum absolute atomic E-state index is 12.8. The molecule has 2 heterocycles. The van der Waals surface area contributed by atoms with Crippen molar-refractivity contribution in [2.24, 2.45) is 0 Å². The summed E-state index contributed by atoms with van der Waals surface area (Å²) < 4.78 is 28.8. The van der Waals surface area contributed by atoms with Crippen molar-refractivity contribution in [1.82, 2.24) is 13.6 Å². The van der Waals surface area contributed by atoms with Crippen LogP contribution in [0.25, 0.3) is 0 Å². The van der Waals surface area contributed by atoms with Crippen molar-refractivity contribution in [3.63, 3.8) is 0 Å². The molecule has 1 aliphatic carbocycles. The Bertz CT molecular complexity index is 562. The second-order valence-corrected chi connectivity index (χ2v) is 8.88. The van der Waals surface area contributed by atoms with Crippen LogP contribution in [0.2, 0.25) is 0 Å². The Morgan fingerprint density at radius 3 is 2.45 bits per heavy atom. The van der Waals surface area contributed by atoms with Crippen LogP contribution >= 0.6 is 11.3 Å². The van der Waals surface area contributed by atoms with Gasteiger partial charge >= 0.3 is 0 Å². The van der Waals surface area contributed by atoms with E-state index in [1.807, 2.05) is 5.38 Å². The van der Waals surface area contributed by atoms with E-state index in [1.54, 1.807) is 33.2 Å². The van der Waals surface area contributed by atoms with E-state index in [9.17, 15) is 8.42 Å². The molecule has 0 unspecified atom stereocenters. The summed E-state index contributed by atoms with van der Waals surface area (Å²) >= 11 is 1.60. The Kier molecular flexibility index (Phi) is 5.01. The molecule has 22 heavy (non-hydrogen) atoms. The molecule has 2 fully saturated rings. The molecule has 1 aromatic rings. The molecule has 0 aromatic carbocycles. The SMILES string of the molecule is CN(C1CCCCC1)S(=O)(=O)N1CCN(c2nccs2)CC1.